The molecule has 1 aliphatic rings. The van der Waals surface area contributed by atoms with E-state index in [0.29, 0.717) is 45.8 Å². The fourth-order valence-corrected chi connectivity index (χ4v) is 6.07. The van der Waals surface area contributed by atoms with Gasteiger partial charge in [-0.15, -0.1) is 11.3 Å². The summed E-state index contributed by atoms with van der Waals surface area (Å²) in [6, 6.07) is 12.2. The third kappa shape index (κ3) is 6.50. The van der Waals surface area contributed by atoms with Gasteiger partial charge in [0.15, 0.2) is 0 Å². The summed E-state index contributed by atoms with van der Waals surface area (Å²) in [5.74, 6) is 1.29. The summed E-state index contributed by atoms with van der Waals surface area (Å²) in [5.41, 5.74) is 3.66. The smallest absolute Gasteiger partial charge is 0.338 e. The number of benzene rings is 2. The minimum absolute atomic E-state index is 0.183. The van der Waals surface area contributed by atoms with Crippen molar-refractivity contribution in [2.45, 2.75) is 47.0 Å². The van der Waals surface area contributed by atoms with Gasteiger partial charge in [-0.3, -0.25) is 4.79 Å². The van der Waals surface area contributed by atoms with Crippen LogP contribution in [0.3, 0.4) is 0 Å². The number of hydrogen-bond donors (Lipinski definition) is 1. The molecule has 2 aromatic carbocycles. The normalized spacial score (nSPS) is 15.1. The molecule has 206 valence electrons. The zero-order chi connectivity index (χ0) is 28.2. The lowest BCUT2D eigenvalue weighted by Gasteiger charge is -2.33. The van der Waals surface area contributed by atoms with E-state index in [-0.39, 0.29) is 17.3 Å². The SMILES string of the molecule is CCOC(=O)c1ccc(NC(=O)c2c(N=Cc3cc(OC)ccc3OC)sc3c2CC[C@H](C(C)(C)C)C3)cc1. The Morgan fingerprint density at radius 3 is 2.49 bits per heavy atom. The predicted molar refractivity (Wildman–Crippen MR) is 156 cm³/mol. The van der Waals surface area contributed by atoms with E-state index in [4.69, 9.17) is 19.2 Å². The second-order valence-corrected chi connectivity index (χ2v) is 11.7. The van der Waals surface area contributed by atoms with Crippen LogP contribution in [0.2, 0.25) is 0 Å². The summed E-state index contributed by atoms with van der Waals surface area (Å²) < 4.78 is 15.9. The van der Waals surface area contributed by atoms with Gasteiger partial charge in [-0.1, -0.05) is 20.8 Å². The average Bonchev–Trinajstić information content (AvgIpc) is 3.29. The van der Waals surface area contributed by atoms with Crippen LogP contribution >= 0.6 is 11.3 Å². The van der Waals surface area contributed by atoms with Crippen LogP contribution in [-0.4, -0.2) is 38.9 Å². The molecule has 0 aliphatic heterocycles. The standard InChI is InChI=1S/C31H36N2O5S/c1-7-38-30(35)19-8-11-22(12-9-19)33-28(34)27-24-14-10-21(31(2,3)4)17-26(24)39-29(27)32-18-20-16-23(36-5)13-15-25(20)37-6/h8-9,11-13,15-16,18,21H,7,10,14,17H2,1-6H3,(H,33,34)/t21-/m0/s1. The number of ether oxygens (including phenoxy) is 3. The molecule has 1 amide bonds. The van der Waals surface area contributed by atoms with Gasteiger partial charge in [0.25, 0.3) is 5.91 Å². The molecule has 0 radical (unpaired) electrons. The minimum atomic E-state index is -0.389. The van der Waals surface area contributed by atoms with Crippen molar-refractivity contribution in [3.8, 4) is 11.5 Å². The Kier molecular flexibility index (Phi) is 8.75. The lowest BCUT2D eigenvalue weighted by atomic mass is 9.72. The number of rotatable bonds is 8. The summed E-state index contributed by atoms with van der Waals surface area (Å²) in [5, 5.41) is 3.68. The number of esters is 1. The topological polar surface area (TPSA) is 86.2 Å². The van der Waals surface area contributed by atoms with Gasteiger partial charge in [0.1, 0.15) is 16.5 Å². The van der Waals surface area contributed by atoms with Crippen molar-refractivity contribution in [3.63, 3.8) is 0 Å². The van der Waals surface area contributed by atoms with E-state index in [9.17, 15) is 9.59 Å². The van der Waals surface area contributed by atoms with Gasteiger partial charge in [-0.2, -0.15) is 0 Å². The molecule has 0 bridgehead atoms. The van der Waals surface area contributed by atoms with E-state index in [2.05, 4.69) is 26.1 Å². The first-order chi connectivity index (χ1) is 18.6. The number of carbonyl (C=O) groups is 2. The van der Waals surface area contributed by atoms with Gasteiger partial charge < -0.3 is 19.5 Å². The second-order valence-electron chi connectivity index (χ2n) is 10.6. The maximum atomic E-state index is 13.7. The molecule has 8 heteroatoms. The third-order valence-corrected chi connectivity index (χ3v) is 8.27. The maximum Gasteiger partial charge on any atom is 0.338 e. The third-order valence-electron chi connectivity index (χ3n) is 7.11. The number of amides is 1. The fourth-order valence-electron chi connectivity index (χ4n) is 4.80. The zero-order valence-electron chi connectivity index (χ0n) is 23.4. The van der Waals surface area contributed by atoms with Gasteiger partial charge in [0.2, 0.25) is 0 Å². The van der Waals surface area contributed by atoms with Crippen LogP contribution < -0.4 is 14.8 Å². The molecule has 0 saturated carbocycles. The predicted octanol–water partition coefficient (Wildman–Crippen LogP) is 7.10. The Bertz CT molecular complexity index is 1370. The van der Waals surface area contributed by atoms with Gasteiger partial charge in [-0.05, 0) is 85.5 Å². The van der Waals surface area contributed by atoms with Crippen molar-refractivity contribution in [2.24, 2.45) is 16.3 Å². The summed E-state index contributed by atoms with van der Waals surface area (Å²) >= 11 is 1.58. The Balaban J connectivity index is 1.68. The molecule has 1 aliphatic carbocycles. The first kappa shape index (κ1) is 28.4. The van der Waals surface area contributed by atoms with Crippen LogP contribution in [0.15, 0.2) is 47.5 Å². The average molecular weight is 549 g/mol. The van der Waals surface area contributed by atoms with E-state index in [1.165, 1.54) is 4.88 Å². The molecule has 1 heterocycles. The highest BCUT2D eigenvalue weighted by Gasteiger charge is 2.33. The molecule has 0 unspecified atom stereocenters. The second kappa shape index (κ2) is 12.0. The van der Waals surface area contributed by atoms with E-state index < -0.39 is 0 Å². The number of methoxy groups -OCH3 is 2. The number of hydrogen-bond acceptors (Lipinski definition) is 7. The Hall–Kier alpha value is -3.65. The molecule has 7 nitrogen and oxygen atoms in total. The van der Waals surface area contributed by atoms with Crippen LogP contribution in [0.4, 0.5) is 10.7 Å². The molecule has 1 atom stereocenters. The van der Waals surface area contributed by atoms with Crippen molar-refractivity contribution in [1.82, 2.24) is 0 Å². The van der Waals surface area contributed by atoms with Crippen LogP contribution in [0, 0.1) is 11.3 Å². The van der Waals surface area contributed by atoms with Gasteiger partial charge in [0.05, 0.1) is 32.0 Å². The molecule has 1 aromatic heterocycles. The van der Waals surface area contributed by atoms with E-state index in [1.54, 1.807) is 63.0 Å². The number of anilines is 1. The number of aliphatic imine (C=N–C) groups is 1. The monoisotopic (exact) mass is 548 g/mol. The quantitative estimate of drug-likeness (QED) is 0.240. The largest absolute Gasteiger partial charge is 0.497 e. The summed E-state index contributed by atoms with van der Waals surface area (Å²) in [7, 11) is 3.23. The Morgan fingerprint density at radius 1 is 1.10 bits per heavy atom. The van der Waals surface area contributed by atoms with Crippen LogP contribution in [0.1, 0.15) is 70.8 Å². The lowest BCUT2D eigenvalue weighted by Crippen LogP contribution is -2.27. The van der Waals surface area contributed by atoms with E-state index >= 15 is 0 Å². The zero-order valence-corrected chi connectivity index (χ0v) is 24.2. The van der Waals surface area contributed by atoms with Crippen molar-refractivity contribution in [2.75, 3.05) is 26.1 Å². The molecule has 0 saturated heterocycles. The van der Waals surface area contributed by atoms with E-state index in [0.717, 1.165) is 30.4 Å². The molecule has 1 N–H and O–H groups in total. The highest BCUT2D eigenvalue weighted by atomic mass is 32.1. The first-order valence-corrected chi connectivity index (χ1v) is 13.9. The van der Waals surface area contributed by atoms with Gasteiger partial charge >= 0.3 is 5.97 Å². The maximum absolute atomic E-state index is 13.7. The fraction of sp³-hybridized carbons (Fsp3) is 0.387. The number of carbonyl (C=O) groups excluding carboxylic acids is 2. The van der Waals surface area contributed by atoms with Crippen molar-refractivity contribution in [3.05, 3.63) is 69.6 Å². The Morgan fingerprint density at radius 2 is 1.85 bits per heavy atom. The van der Waals surface area contributed by atoms with Gasteiger partial charge in [-0.25, -0.2) is 9.79 Å². The lowest BCUT2D eigenvalue weighted by molar-refractivity contribution is 0.0526. The van der Waals surface area contributed by atoms with Crippen molar-refractivity contribution >= 4 is 40.1 Å². The van der Waals surface area contributed by atoms with Gasteiger partial charge in [0, 0.05) is 22.3 Å². The molecule has 0 fully saturated rings. The van der Waals surface area contributed by atoms with Crippen molar-refractivity contribution in [1.29, 1.82) is 0 Å². The number of thiophene rings is 1. The molecular formula is C31H36N2O5S. The van der Waals surface area contributed by atoms with E-state index in [1.807, 2.05) is 18.2 Å². The van der Waals surface area contributed by atoms with Crippen LogP contribution in [0.5, 0.6) is 11.5 Å². The summed E-state index contributed by atoms with van der Waals surface area (Å²) in [6.45, 7) is 8.90. The van der Waals surface area contributed by atoms with Crippen molar-refractivity contribution < 1.29 is 23.8 Å². The van der Waals surface area contributed by atoms with Crippen LogP contribution in [0.25, 0.3) is 0 Å². The number of nitrogens with one attached hydrogen (secondary N) is 1. The minimum Gasteiger partial charge on any atom is -0.497 e. The highest BCUT2D eigenvalue weighted by Crippen LogP contribution is 2.45. The number of nitrogens with zero attached hydrogens (tertiary/aromatic N) is 1. The first-order valence-electron chi connectivity index (χ1n) is 13.1. The molecular weight excluding hydrogens is 512 g/mol. The summed E-state index contributed by atoms with van der Waals surface area (Å²) in [4.78, 5) is 31.7. The Labute approximate surface area is 234 Å². The molecule has 3 aromatic rings. The van der Waals surface area contributed by atoms with Crippen LogP contribution in [-0.2, 0) is 17.6 Å². The highest BCUT2D eigenvalue weighted by molar-refractivity contribution is 7.16. The molecule has 39 heavy (non-hydrogen) atoms. The number of fused-ring (bicyclic) bond motifs is 1. The molecule has 0 spiro atoms. The summed E-state index contributed by atoms with van der Waals surface area (Å²) in [6.07, 6.45) is 4.51. The molecule has 4 rings (SSSR count).